The van der Waals surface area contributed by atoms with E-state index in [1.807, 2.05) is 0 Å². The zero-order valence-corrected chi connectivity index (χ0v) is 12.0. The third-order valence-electron chi connectivity index (χ3n) is 3.22. The fourth-order valence-electron chi connectivity index (χ4n) is 2.03. The van der Waals surface area contributed by atoms with Gasteiger partial charge in [0.05, 0.1) is 12.9 Å². The third kappa shape index (κ3) is 8.46. The quantitative estimate of drug-likeness (QED) is 0.264. The van der Waals surface area contributed by atoms with Crippen molar-refractivity contribution in [3.63, 3.8) is 0 Å². The van der Waals surface area contributed by atoms with Gasteiger partial charge in [0.25, 0.3) is 0 Å². The molecular weight excluding hydrogens is 240 g/mol. The molecule has 0 spiro atoms. The first-order valence-electron chi connectivity index (χ1n) is 7.49. The minimum Gasteiger partial charge on any atom is -0.434 e. The topological polar surface area (TPSA) is 35.5 Å². The van der Waals surface area contributed by atoms with Gasteiger partial charge in [-0.1, -0.05) is 51.2 Å². The van der Waals surface area contributed by atoms with Crippen molar-refractivity contribution in [2.45, 2.75) is 64.7 Å². The summed E-state index contributed by atoms with van der Waals surface area (Å²) in [6.07, 6.45) is 15.2. The molecule has 0 amide bonds. The van der Waals surface area contributed by atoms with Crippen LogP contribution in [0.2, 0.25) is 0 Å². The van der Waals surface area contributed by atoms with Gasteiger partial charge in [0.2, 0.25) is 0 Å². The molecule has 0 fully saturated rings. The number of carbonyl (C=O) groups is 1. The number of hydrogen-bond acceptors (Lipinski definition) is 3. The average Bonchev–Trinajstić information content (AvgIpc) is 2.45. The summed E-state index contributed by atoms with van der Waals surface area (Å²) in [6.45, 7) is 2.67. The average molecular weight is 266 g/mol. The van der Waals surface area contributed by atoms with Crippen molar-refractivity contribution < 1.29 is 14.3 Å². The Bertz CT molecular complexity index is 305. The molecule has 0 aromatic heterocycles. The van der Waals surface area contributed by atoms with Crippen LogP contribution in [0.3, 0.4) is 0 Å². The molecule has 0 atom stereocenters. The predicted octanol–water partition coefficient (Wildman–Crippen LogP) is 5.12. The number of unbranched alkanes of at least 4 members (excludes halogenated alkanes) is 5. The van der Waals surface area contributed by atoms with Gasteiger partial charge in [-0.2, -0.15) is 0 Å². The zero-order valence-electron chi connectivity index (χ0n) is 12.0. The van der Waals surface area contributed by atoms with Gasteiger partial charge >= 0.3 is 6.16 Å². The van der Waals surface area contributed by atoms with Crippen LogP contribution in [0.15, 0.2) is 24.0 Å². The van der Waals surface area contributed by atoms with Crippen LogP contribution in [0.25, 0.3) is 0 Å². The monoisotopic (exact) mass is 266 g/mol. The fraction of sp³-hybridized carbons (Fsp3) is 0.688. The van der Waals surface area contributed by atoms with E-state index in [0.717, 1.165) is 37.7 Å². The third-order valence-corrected chi connectivity index (χ3v) is 3.22. The van der Waals surface area contributed by atoms with E-state index in [9.17, 15) is 4.79 Å². The molecule has 0 bridgehead atoms. The van der Waals surface area contributed by atoms with Crippen LogP contribution in [-0.4, -0.2) is 12.8 Å². The molecule has 108 valence electrons. The normalized spacial score (nSPS) is 16.6. The van der Waals surface area contributed by atoms with Crippen LogP contribution in [0.1, 0.15) is 64.7 Å². The van der Waals surface area contributed by atoms with Gasteiger partial charge in [0, 0.05) is 0 Å². The van der Waals surface area contributed by atoms with Crippen LogP contribution in [0.5, 0.6) is 0 Å². The lowest BCUT2D eigenvalue weighted by Gasteiger charge is -2.08. The summed E-state index contributed by atoms with van der Waals surface area (Å²) in [5, 5.41) is 0. The number of allylic oxidation sites excluding steroid dienone is 3. The summed E-state index contributed by atoms with van der Waals surface area (Å²) in [6, 6.07) is 0. The molecular formula is C16H26O3. The van der Waals surface area contributed by atoms with E-state index in [1.54, 1.807) is 6.26 Å². The van der Waals surface area contributed by atoms with Crippen molar-refractivity contribution in [3.05, 3.63) is 24.0 Å². The molecule has 19 heavy (non-hydrogen) atoms. The highest BCUT2D eigenvalue weighted by molar-refractivity contribution is 5.60. The number of hydrogen-bond donors (Lipinski definition) is 0. The standard InChI is InChI=1S/C16H26O3/c1-2-3-4-5-6-10-13-18-16(17)19-14-15-11-8-7-9-12-15/h7-8,14H,2-6,9-13H2,1H3/b15-14+. The van der Waals surface area contributed by atoms with E-state index < -0.39 is 6.16 Å². The van der Waals surface area contributed by atoms with E-state index in [2.05, 4.69) is 19.1 Å². The Balaban J connectivity index is 1.97. The lowest BCUT2D eigenvalue weighted by Crippen LogP contribution is -2.05. The van der Waals surface area contributed by atoms with Crippen molar-refractivity contribution in [1.82, 2.24) is 0 Å². The largest absolute Gasteiger partial charge is 0.513 e. The minimum atomic E-state index is -0.574. The molecule has 3 nitrogen and oxygen atoms in total. The second kappa shape index (κ2) is 10.7. The number of carbonyl (C=O) groups excluding carboxylic acids is 1. The zero-order chi connectivity index (χ0) is 13.8. The molecule has 0 unspecified atom stereocenters. The Kier molecular flexibility index (Phi) is 8.86. The van der Waals surface area contributed by atoms with Gasteiger partial charge in [-0.25, -0.2) is 4.79 Å². The molecule has 0 saturated carbocycles. The highest BCUT2D eigenvalue weighted by Gasteiger charge is 2.04. The van der Waals surface area contributed by atoms with Crippen molar-refractivity contribution >= 4 is 6.16 Å². The lowest BCUT2D eigenvalue weighted by molar-refractivity contribution is 0.0824. The summed E-state index contributed by atoms with van der Waals surface area (Å²) in [7, 11) is 0. The summed E-state index contributed by atoms with van der Waals surface area (Å²) in [4.78, 5) is 11.3. The van der Waals surface area contributed by atoms with Crippen molar-refractivity contribution in [2.75, 3.05) is 6.61 Å². The lowest BCUT2D eigenvalue weighted by atomic mass is 10.0. The van der Waals surface area contributed by atoms with Gasteiger partial charge in [-0.05, 0) is 31.3 Å². The second-order valence-corrected chi connectivity index (χ2v) is 4.97. The van der Waals surface area contributed by atoms with Gasteiger partial charge in [0.1, 0.15) is 0 Å². The molecule has 0 aromatic rings. The van der Waals surface area contributed by atoms with E-state index in [1.165, 1.54) is 25.7 Å². The first-order valence-corrected chi connectivity index (χ1v) is 7.49. The predicted molar refractivity (Wildman–Crippen MR) is 76.9 cm³/mol. The Hall–Kier alpha value is -1.25. The van der Waals surface area contributed by atoms with Gasteiger partial charge in [0.15, 0.2) is 0 Å². The first-order chi connectivity index (χ1) is 9.33. The molecule has 1 aliphatic rings. The van der Waals surface area contributed by atoms with Gasteiger partial charge in [-0.3, -0.25) is 0 Å². The Labute approximate surface area is 116 Å². The number of ether oxygens (including phenoxy) is 2. The molecule has 1 aliphatic carbocycles. The summed E-state index contributed by atoms with van der Waals surface area (Å²) >= 11 is 0. The molecule has 0 heterocycles. The van der Waals surface area contributed by atoms with Crippen LogP contribution in [0.4, 0.5) is 4.79 Å². The summed E-state index contributed by atoms with van der Waals surface area (Å²) < 4.78 is 9.99. The Morgan fingerprint density at radius 2 is 2.00 bits per heavy atom. The van der Waals surface area contributed by atoms with Gasteiger partial charge < -0.3 is 9.47 Å². The maximum Gasteiger partial charge on any atom is 0.513 e. The summed E-state index contributed by atoms with van der Waals surface area (Å²) in [5.74, 6) is 0. The highest BCUT2D eigenvalue weighted by Crippen LogP contribution is 2.16. The minimum absolute atomic E-state index is 0.466. The maximum absolute atomic E-state index is 11.3. The second-order valence-electron chi connectivity index (χ2n) is 4.97. The van der Waals surface area contributed by atoms with E-state index >= 15 is 0 Å². The van der Waals surface area contributed by atoms with Crippen molar-refractivity contribution in [3.8, 4) is 0 Å². The molecule has 0 aliphatic heterocycles. The van der Waals surface area contributed by atoms with Crippen LogP contribution in [0, 0.1) is 0 Å². The SMILES string of the molecule is CCCCCCCCOC(=O)O/C=C1\CC=CCC1. The summed E-state index contributed by atoms with van der Waals surface area (Å²) in [5.41, 5.74) is 1.15. The molecule has 0 saturated heterocycles. The first kappa shape index (κ1) is 15.8. The highest BCUT2D eigenvalue weighted by atomic mass is 16.7. The van der Waals surface area contributed by atoms with Crippen LogP contribution in [-0.2, 0) is 9.47 Å². The van der Waals surface area contributed by atoms with Crippen LogP contribution < -0.4 is 0 Å². The molecule has 0 radical (unpaired) electrons. The molecule has 1 rings (SSSR count). The Morgan fingerprint density at radius 1 is 1.21 bits per heavy atom. The van der Waals surface area contributed by atoms with E-state index in [4.69, 9.17) is 9.47 Å². The maximum atomic E-state index is 11.3. The number of rotatable bonds is 8. The van der Waals surface area contributed by atoms with Crippen molar-refractivity contribution in [1.29, 1.82) is 0 Å². The Morgan fingerprint density at radius 3 is 2.74 bits per heavy atom. The van der Waals surface area contributed by atoms with Crippen molar-refractivity contribution in [2.24, 2.45) is 0 Å². The van der Waals surface area contributed by atoms with Gasteiger partial charge in [-0.15, -0.1) is 0 Å². The molecule has 0 aromatic carbocycles. The fourth-order valence-corrected chi connectivity index (χ4v) is 2.03. The molecule has 0 N–H and O–H groups in total. The smallest absolute Gasteiger partial charge is 0.434 e. The van der Waals surface area contributed by atoms with Crippen LogP contribution >= 0.6 is 0 Å². The molecule has 3 heteroatoms. The van der Waals surface area contributed by atoms with E-state index in [-0.39, 0.29) is 0 Å². The van der Waals surface area contributed by atoms with E-state index in [0.29, 0.717) is 6.61 Å².